The fourth-order valence-electron chi connectivity index (χ4n) is 3.01. The molecule has 2 unspecified atom stereocenters. The topological polar surface area (TPSA) is 108 Å². The third-order valence-electron chi connectivity index (χ3n) is 4.48. The Bertz CT molecular complexity index is 1010. The van der Waals surface area contributed by atoms with Crippen molar-refractivity contribution in [3.05, 3.63) is 66.2 Å². The monoisotopic (exact) mass is 438 g/mol. The Morgan fingerprint density at radius 1 is 1.06 bits per heavy atom. The fourth-order valence-corrected chi connectivity index (χ4v) is 3.84. The molecule has 4 amide bonds. The number of hydrogen-bond donors (Lipinski definition) is 2. The van der Waals surface area contributed by atoms with E-state index < -0.39 is 23.8 Å². The molecular formula is C22H22N4O4S. The molecule has 2 aromatic carbocycles. The standard InChI is InChI=1S/C22H22N4O4S/c1-14(16-9-5-3-6-10-16)23-18(28)13-31-22-25-20(29)19(24-15(2)27)21(30)26(22)17-11-7-4-8-12-17/h3-12,14,19H,13H2,1-2H3,(H,23,28)(H,24,27). The molecule has 31 heavy (non-hydrogen) atoms. The number of aliphatic imine (C=N–C) groups is 1. The van der Waals surface area contributed by atoms with Crippen molar-refractivity contribution in [2.75, 3.05) is 10.7 Å². The zero-order valence-corrected chi connectivity index (χ0v) is 17.9. The van der Waals surface area contributed by atoms with Gasteiger partial charge in [0.05, 0.1) is 17.5 Å². The van der Waals surface area contributed by atoms with Crippen LogP contribution in [-0.2, 0) is 19.2 Å². The van der Waals surface area contributed by atoms with Crippen LogP contribution in [0.25, 0.3) is 0 Å². The van der Waals surface area contributed by atoms with Gasteiger partial charge in [-0.1, -0.05) is 60.3 Å². The van der Waals surface area contributed by atoms with Crippen LogP contribution in [0.5, 0.6) is 0 Å². The first kappa shape index (κ1) is 22.2. The lowest BCUT2D eigenvalue weighted by atomic mass is 10.1. The van der Waals surface area contributed by atoms with Crippen LogP contribution in [0.4, 0.5) is 5.69 Å². The molecule has 9 heteroatoms. The minimum Gasteiger partial charge on any atom is -0.349 e. The van der Waals surface area contributed by atoms with Gasteiger partial charge in [-0.05, 0) is 24.6 Å². The summed E-state index contributed by atoms with van der Waals surface area (Å²) in [7, 11) is 0. The molecule has 1 aliphatic rings. The number of carbonyl (C=O) groups excluding carboxylic acids is 4. The number of benzene rings is 2. The van der Waals surface area contributed by atoms with Gasteiger partial charge in [-0.3, -0.25) is 24.1 Å². The van der Waals surface area contributed by atoms with Crippen molar-refractivity contribution >= 4 is 46.2 Å². The number of para-hydroxylation sites is 1. The van der Waals surface area contributed by atoms with Gasteiger partial charge < -0.3 is 10.6 Å². The van der Waals surface area contributed by atoms with Crippen LogP contribution in [0.2, 0.25) is 0 Å². The van der Waals surface area contributed by atoms with Gasteiger partial charge in [0.2, 0.25) is 11.8 Å². The van der Waals surface area contributed by atoms with E-state index in [1.54, 1.807) is 30.3 Å². The van der Waals surface area contributed by atoms with E-state index in [4.69, 9.17) is 0 Å². The second kappa shape index (κ2) is 10.0. The molecule has 0 spiro atoms. The molecule has 2 atom stereocenters. The number of amides is 4. The molecule has 1 heterocycles. The molecule has 0 aliphatic carbocycles. The van der Waals surface area contributed by atoms with Crippen molar-refractivity contribution in [2.24, 2.45) is 4.99 Å². The molecule has 0 aromatic heterocycles. The number of anilines is 1. The first-order chi connectivity index (χ1) is 14.9. The van der Waals surface area contributed by atoms with Gasteiger partial charge in [-0.2, -0.15) is 4.99 Å². The van der Waals surface area contributed by atoms with Crippen LogP contribution in [0.3, 0.4) is 0 Å². The molecule has 1 aliphatic heterocycles. The van der Waals surface area contributed by atoms with E-state index in [0.717, 1.165) is 17.3 Å². The van der Waals surface area contributed by atoms with Gasteiger partial charge in [-0.15, -0.1) is 0 Å². The summed E-state index contributed by atoms with van der Waals surface area (Å²) in [5, 5.41) is 5.31. The highest BCUT2D eigenvalue weighted by Crippen LogP contribution is 2.24. The van der Waals surface area contributed by atoms with Crippen molar-refractivity contribution in [1.29, 1.82) is 0 Å². The Balaban J connectivity index is 1.75. The first-order valence-electron chi connectivity index (χ1n) is 9.62. The Morgan fingerprint density at radius 3 is 2.29 bits per heavy atom. The van der Waals surface area contributed by atoms with Gasteiger partial charge in [0.1, 0.15) is 0 Å². The molecule has 8 nitrogen and oxygen atoms in total. The highest BCUT2D eigenvalue weighted by molar-refractivity contribution is 8.14. The van der Waals surface area contributed by atoms with Crippen LogP contribution in [0, 0.1) is 0 Å². The van der Waals surface area contributed by atoms with Crippen molar-refractivity contribution in [3.8, 4) is 0 Å². The van der Waals surface area contributed by atoms with Gasteiger partial charge in [0.25, 0.3) is 11.8 Å². The number of thioether (sulfide) groups is 1. The zero-order valence-electron chi connectivity index (χ0n) is 17.1. The second-order valence-electron chi connectivity index (χ2n) is 6.86. The van der Waals surface area contributed by atoms with Crippen molar-refractivity contribution < 1.29 is 19.2 Å². The van der Waals surface area contributed by atoms with Crippen molar-refractivity contribution in [1.82, 2.24) is 10.6 Å². The predicted molar refractivity (Wildman–Crippen MR) is 119 cm³/mol. The molecule has 2 N–H and O–H groups in total. The van der Waals surface area contributed by atoms with Crippen molar-refractivity contribution in [2.45, 2.75) is 25.9 Å². The lowest BCUT2D eigenvalue weighted by molar-refractivity contribution is -0.133. The lowest BCUT2D eigenvalue weighted by Gasteiger charge is -2.30. The number of amidine groups is 1. The van der Waals surface area contributed by atoms with Crippen LogP contribution >= 0.6 is 11.8 Å². The van der Waals surface area contributed by atoms with Gasteiger partial charge in [0.15, 0.2) is 11.2 Å². The smallest absolute Gasteiger partial charge is 0.280 e. The molecule has 0 saturated heterocycles. The van der Waals surface area contributed by atoms with Gasteiger partial charge in [0, 0.05) is 6.92 Å². The van der Waals surface area contributed by atoms with Crippen LogP contribution in [0.15, 0.2) is 65.7 Å². The van der Waals surface area contributed by atoms with E-state index in [1.807, 2.05) is 37.3 Å². The average molecular weight is 439 g/mol. The third-order valence-corrected chi connectivity index (χ3v) is 5.42. The molecule has 0 fully saturated rings. The molecular weight excluding hydrogens is 416 g/mol. The summed E-state index contributed by atoms with van der Waals surface area (Å²) in [6.07, 6.45) is 0. The number of nitrogens with one attached hydrogen (secondary N) is 2. The number of rotatable bonds is 6. The molecule has 2 aromatic rings. The van der Waals surface area contributed by atoms with E-state index in [2.05, 4.69) is 15.6 Å². The summed E-state index contributed by atoms with van der Waals surface area (Å²) >= 11 is 0.984. The summed E-state index contributed by atoms with van der Waals surface area (Å²) in [5.41, 5.74) is 1.45. The molecule has 3 rings (SSSR count). The zero-order chi connectivity index (χ0) is 22.4. The maximum absolute atomic E-state index is 13.0. The van der Waals surface area contributed by atoms with E-state index in [9.17, 15) is 19.2 Å². The average Bonchev–Trinajstić information content (AvgIpc) is 2.76. The number of carbonyl (C=O) groups is 4. The molecule has 0 radical (unpaired) electrons. The number of nitrogens with zero attached hydrogens (tertiary/aromatic N) is 2. The minimum atomic E-state index is -1.39. The molecule has 0 saturated carbocycles. The molecule has 0 bridgehead atoms. The number of hydrogen-bond acceptors (Lipinski definition) is 5. The van der Waals surface area contributed by atoms with Crippen LogP contribution in [0.1, 0.15) is 25.5 Å². The molecule has 160 valence electrons. The first-order valence-corrected chi connectivity index (χ1v) is 10.6. The van der Waals surface area contributed by atoms with E-state index in [0.29, 0.717) is 5.69 Å². The Labute approximate surface area is 184 Å². The Hall–Kier alpha value is -3.46. The second-order valence-corrected chi connectivity index (χ2v) is 7.81. The Kier molecular flexibility index (Phi) is 7.19. The highest BCUT2D eigenvalue weighted by atomic mass is 32.2. The van der Waals surface area contributed by atoms with Crippen molar-refractivity contribution in [3.63, 3.8) is 0 Å². The summed E-state index contributed by atoms with van der Waals surface area (Å²) in [4.78, 5) is 54.5. The Morgan fingerprint density at radius 2 is 1.68 bits per heavy atom. The minimum absolute atomic E-state index is 0.0370. The van der Waals surface area contributed by atoms with E-state index in [1.165, 1.54) is 11.8 Å². The highest BCUT2D eigenvalue weighted by Gasteiger charge is 2.39. The SMILES string of the molecule is CC(=O)NC1C(=O)N=C(SCC(=O)NC(C)c2ccccc2)N(c2ccccc2)C1=O. The fraction of sp³-hybridized carbons (Fsp3) is 0.227. The van der Waals surface area contributed by atoms with E-state index >= 15 is 0 Å². The maximum Gasteiger partial charge on any atom is 0.280 e. The van der Waals surface area contributed by atoms with Crippen LogP contribution < -0.4 is 15.5 Å². The summed E-state index contributed by atoms with van der Waals surface area (Å²) in [6, 6.07) is 16.6. The predicted octanol–water partition coefficient (Wildman–Crippen LogP) is 2.03. The lowest BCUT2D eigenvalue weighted by Crippen LogP contribution is -2.57. The maximum atomic E-state index is 13.0. The normalized spacial score (nSPS) is 17.0. The quantitative estimate of drug-likeness (QED) is 0.671. The largest absolute Gasteiger partial charge is 0.349 e. The summed E-state index contributed by atoms with van der Waals surface area (Å²) < 4.78 is 0. The van der Waals surface area contributed by atoms with Crippen LogP contribution in [-0.4, -0.2) is 40.6 Å². The third kappa shape index (κ3) is 5.58. The summed E-state index contributed by atoms with van der Waals surface area (Å²) in [6.45, 7) is 3.09. The van der Waals surface area contributed by atoms with Gasteiger partial charge in [-0.25, -0.2) is 0 Å². The van der Waals surface area contributed by atoms with Gasteiger partial charge >= 0.3 is 0 Å². The summed E-state index contributed by atoms with van der Waals surface area (Å²) in [5.74, 6) is -2.21. The van der Waals surface area contributed by atoms with E-state index in [-0.39, 0.29) is 22.9 Å².